The van der Waals surface area contributed by atoms with Crippen LogP contribution < -0.4 is 5.32 Å². The Morgan fingerprint density at radius 1 is 1.27 bits per heavy atom. The SMILES string of the molecule is C=C(C)CN=C(NCCn1cnnc1CC)N1CCN(Cc2cccc(Cl)c2)CC1. The van der Waals surface area contributed by atoms with E-state index < -0.39 is 0 Å². The van der Waals surface area contributed by atoms with Gasteiger partial charge in [-0.05, 0) is 24.6 Å². The molecule has 1 aromatic heterocycles. The van der Waals surface area contributed by atoms with Gasteiger partial charge in [-0.2, -0.15) is 0 Å². The molecule has 1 aliphatic heterocycles. The molecule has 0 bridgehead atoms. The average Bonchev–Trinajstić information content (AvgIpc) is 3.18. The number of benzene rings is 1. The molecular formula is C22H32ClN7. The second-order valence-corrected chi connectivity index (χ2v) is 8.15. The van der Waals surface area contributed by atoms with Crippen molar-refractivity contribution in [3.8, 4) is 0 Å². The molecule has 0 spiro atoms. The average molecular weight is 430 g/mol. The van der Waals surface area contributed by atoms with E-state index in [2.05, 4.69) is 49.5 Å². The molecule has 0 saturated carbocycles. The number of aliphatic imine (C=N–C) groups is 1. The van der Waals surface area contributed by atoms with Gasteiger partial charge in [-0.3, -0.25) is 4.90 Å². The van der Waals surface area contributed by atoms with Gasteiger partial charge >= 0.3 is 0 Å². The first kappa shape index (κ1) is 22.3. The summed E-state index contributed by atoms with van der Waals surface area (Å²) in [4.78, 5) is 9.58. The molecule has 1 fully saturated rings. The van der Waals surface area contributed by atoms with E-state index in [-0.39, 0.29) is 0 Å². The third-order valence-corrected chi connectivity index (χ3v) is 5.35. The molecule has 1 N–H and O–H groups in total. The van der Waals surface area contributed by atoms with Gasteiger partial charge in [0.2, 0.25) is 0 Å². The van der Waals surface area contributed by atoms with Crippen molar-refractivity contribution in [3.05, 3.63) is 59.2 Å². The van der Waals surface area contributed by atoms with Crippen molar-refractivity contribution in [1.82, 2.24) is 29.9 Å². The summed E-state index contributed by atoms with van der Waals surface area (Å²) >= 11 is 6.12. The molecule has 7 nitrogen and oxygen atoms in total. The van der Waals surface area contributed by atoms with Gasteiger partial charge in [-0.1, -0.05) is 42.8 Å². The summed E-state index contributed by atoms with van der Waals surface area (Å²) in [6.45, 7) is 15.1. The van der Waals surface area contributed by atoms with Crippen LogP contribution in [0.25, 0.3) is 0 Å². The van der Waals surface area contributed by atoms with Crippen molar-refractivity contribution in [1.29, 1.82) is 0 Å². The van der Waals surface area contributed by atoms with Crippen LogP contribution in [0.5, 0.6) is 0 Å². The first-order chi connectivity index (χ1) is 14.5. The summed E-state index contributed by atoms with van der Waals surface area (Å²) in [5.41, 5.74) is 2.31. The standard InChI is InChI=1S/C22H32ClN7/c1-4-21-27-26-17-30(21)9-8-24-22(25-15-18(2)3)29-12-10-28(11-13-29)16-19-6-5-7-20(23)14-19/h5-7,14,17H,2,4,8-13,15-16H2,1,3H3,(H,24,25). The highest BCUT2D eigenvalue weighted by atomic mass is 35.5. The van der Waals surface area contributed by atoms with E-state index in [4.69, 9.17) is 16.6 Å². The number of aromatic nitrogens is 3. The van der Waals surface area contributed by atoms with E-state index in [1.165, 1.54) is 5.56 Å². The van der Waals surface area contributed by atoms with Crippen molar-refractivity contribution in [3.63, 3.8) is 0 Å². The Balaban J connectivity index is 1.54. The highest BCUT2D eigenvalue weighted by molar-refractivity contribution is 6.30. The predicted octanol–water partition coefficient (Wildman–Crippen LogP) is 2.83. The normalized spacial score (nSPS) is 15.4. The summed E-state index contributed by atoms with van der Waals surface area (Å²) in [5.74, 6) is 1.96. The van der Waals surface area contributed by atoms with Gasteiger partial charge in [0.05, 0.1) is 6.54 Å². The van der Waals surface area contributed by atoms with Crippen LogP contribution >= 0.6 is 11.6 Å². The lowest BCUT2D eigenvalue weighted by atomic mass is 10.2. The summed E-state index contributed by atoms with van der Waals surface area (Å²) in [5, 5.41) is 12.5. The van der Waals surface area contributed by atoms with E-state index in [9.17, 15) is 0 Å². The number of guanidine groups is 1. The topological polar surface area (TPSA) is 61.6 Å². The zero-order valence-electron chi connectivity index (χ0n) is 18.0. The van der Waals surface area contributed by atoms with Gasteiger partial charge in [0, 0.05) is 57.3 Å². The summed E-state index contributed by atoms with van der Waals surface area (Å²) in [6, 6.07) is 8.11. The van der Waals surface area contributed by atoms with Crippen LogP contribution in [0.3, 0.4) is 0 Å². The zero-order valence-corrected chi connectivity index (χ0v) is 18.8. The molecule has 162 valence electrons. The summed E-state index contributed by atoms with van der Waals surface area (Å²) in [7, 11) is 0. The van der Waals surface area contributed by atoms with Crippen molar-refractivity contribution in [2.45, 2.75) is 33.4 Å². The maximum atomic E-state index is 6.12. The molecule has 0 atom stereocenters. The van der Waals surface area contributed by atoms with Crippen LogP contribution in [-0.4, -0.2) is 69.8 Å². The minimum absolute atomic E-state index is 0.637. The highest BCUT2D eigenvalue weighted by Crippen LogP contribution is 2.14. The number of hydrogen-bond acceptors (Lipinski definition) is 4. The molecule has 2 aromatic rings. The summed E-state index contributed by atoms with van der Waals surface area (Å²) in [6.07, 6.45) is 2.67. The number of piperazine rings is 1. The van der Waals surface area contributed by atoms with Crippen LogP contribution in [0, 0.1) is 0 Å². The monoisotopic (exact) mass is 429 g/mol. The van der Waals surface area contributed by atoms with Gasteiger partial charge in [0.1, 0.15) is 12.2 Å². The minimum atomic E-state index is 0.637. The quantitative estimate of drug-likeness (QED) is 0.397. The van der Waals surface area contributed by atoms with Gasteiger partial charge in [0.25, 0.3) is 0 Å². The van der Waals surface area contributed by atoms with Crippen LogP contribution in [0.15, 0.2) is 47.7 Å². The van der Waals surface area contributed by atoms with E-state index in [0.29, 0.717) is 6.54 Å². The minimum Gasteiger partial charge on any atom is -0.354 e. The first-order valence-electron chi connectivity index (χ1n) is 10.6. The fourth-order valence-corrected chi connectivity index (χ4v) is 3.73. The molecule has 0 amide bonds. The number of nitrogens with one attached hydrogen (secondary N) is 1. The molecule has 0 radical (unpaired) electrons. The fraction of sp³-hybridized carbons (Fsp3) is 0.500. The lowest BCUT2D eigenvalue weighted by molar-refractivity contribution is 0.172. The molecule has 0 unspecified atom stereocenters. The van der Waals surface area contributed by atoms with Crippen LogP contribution in [-0.2, 0) is 19.5 Å². The van der Waals surface area contributed by atoms with Crippen LogP contribution in [0.2, 0.25) is 5.02 Å². The highest BCUT2D eigenvalue weighted by Gasteiger charge is 2.20. The molecule has 8 heteroatoms. The van der Waals surface area contributed by atoms with Crippen molar-refractivity contribution >= 4 is 17.6 Å². The Bertz CT molecular complexity index is 853. The Kier molecular flexibility index (Phi) is 8.28. The van der Waals surface area contributed by atoms with Gasteiger partial charge in [0.15, 0.2) is 5.96 Å². The fourth-order valence-electron chi connectivity index (χ4n) is 3.52. The molecule has 1 aliphatic rings. The molecule has 2 heterocycles. The van der Waals surface area contributed by atoms with E-state index >= 15 is 0 Å². The Morgan fingerprint density at radius 2 is 2.07 bits per heavy atom. The van der Waals surface area contributed by atoms with E-state index in [1.807, 2.05) is 25.1 Å². The third kappa shape index (κ3) is 6.57. The maximum absolute atomic E-state index is 6.12. The maximum Gasteiger partial charge on any atom is 0.194 e. The van der Waals surface area contributed by atoms with Crippen LogP contribution in [0.1, 0.15) is 25.2 Å². The molecule has 0 aliphatic carbocycles. The number of hydrogen-bond donors (Lipinski definition) is 1. The largest absolute Gasteiger partial charge is 0.354 e. The smallest absolute Gasteiger partial charge is 0.194 e. The van der Waals surface area contributed by atoms with E-state index in [1.54, 1.807) is 6.33 Å². The lowest BCUT2D eigenvalue weighted by Gasteiger charge is -2.36. The summed E-state index contributed by atoms with van der Waals surface area (Å²) < 4.78 is 2.09. The molecule has 3 rings (SSSR count). The van der Waals surface area contributed by atoms with Crippen LogP contribution in [0.4, 0.5) is 0 Å². The molecule has 1 aromatic carbocycles. The Labute approximate surface area is 184 Å². The first-order valence-corrected chi connectivity index (χ1v) is 10.9. The van der Waals surface area contributed by atoms with Crippen molar-refractivity contribution in [2.24, 2.45) is 4.99 Å². The van der Waals surface area contributed by atoms with Gasteiger partial charge in [-0.25, -0.2) is 4.99 Å². The van der Waals surface area contributed by atoms with Gasteiger partial charge < -0.3 is 14.8 Å². The third-order valence-electron chi connectivity index (χ3n) is 5.11. The molecule has 1 saturated heterocycles. The number of rotatable bonds is 8. The molecule has 30 heavy (non-hydrogen) atoms. The van der Waals surface area contributed by atoms with Crippen molar-refractivity contribution < 1.29 is 0 Å². The number of aryl methyl sites for hydroxylation is 1. The van der Waals surface area contributed by atoms with E-state index in [0.717, 1.165) is 74.6 Å². The number of nitrogens with zero attached hydrogens (tertiary/aromatic N) is 6. The second kappa shape index (κ2) is 11.1. The predicted molar refractivity (Wildman–Crippen MR) is 123 cm³/mol. The van der Waals surface area contributed by atoms with Crippen molar-refractivity contribution in [2.75, 3.05) is 39.3 Å². The Hall–Kier alpha value is -2.38. The van der Waals surface area contributed by atoms with Gasteiger partial charge in [-0.15, -0.1) is 10.2 Å². The molecular weight excluding hydrogens is 398 g/mol. The lowest BCUT2D eigenvalue weighted by Crippen LogP contribution is -2.52. The zero-order chi connectivity index (χ0) is 21.3. The Morgan fingerprint density at radius 3 is 2.77 bits per heavy atom. The second-order valence-electron chi connectivity index (χ2n) is 7.71. The number of halogens is 1.